The Morgan fingerprint density at radius 3 is 2.10 bits per heavy atom. The summed E-state index contributed by atoms with van der Waals surface area (Å²) in [7, 11) is 0. The Balaban J connectivity index is 1.38. The lowest BCUT2D eigenvalue weighted by molar-refractivity contribution is -0.145. The first-order valence-corrected chi connectivity index (χ1v) is 19.8. The van der Waals surface area contributed by atoms with E-state index >= 15 is 0 Å². The van der Waals surface area contributed by atoms with Crippen molar-refractivity contribution in [3.63, 3.8) is 0 Å². The molecule has 4 N–H and O–H groups in total. The van der Waals surface area contributed by atoms with Crippen molar-refractivity contribution < 1.29 is 28.8 Å². The Hall–Kier alpha value is -3.28. The molecule has 5 fully saturated rings. The highest BCUT2D eigenvalue weighted by molar-refractivity contribution is 6.38. The van der Waals surface area contributed by atoms with Gasteiger partial charge in [-0.15, -0.1) is 0 Å². The summed E-state index contributed by atoms with van der Waals surface area (Å²) in [4.78, 5) is 86.5. The van der Waals surface area contributed by atoms with Gasteiger partial charge in [0.2, 0.25) is 29.4 Å². The maximum absolute atomic E-state index is 14.9. The van der Waals surface area contributed by atoms with Crippen molar-refractivity contribution in [1.29, 1.82) is 0 Å². The summed E-state index contributed by atoms with van der Waals surface area (Å²) < 4.78 is 0. The van der Waals surface area contributed by atoms with Gasteiger partial charge in [0.05, 0.1) is 12.0 Å². The molecule has 5 aliphatic rings. The molecule has 0 aromatic heterocycles. The molecule has 5 rings (SSSR count). The molecule has 2 aliphatic heterocycles. The molecule has 2 heterocycles. The zero-order valence-electron chi connectivity index (χ0n) is 32.9. The van der Waals surface area contributed by atoms with Crippen LogP contribution in [0.1, 0.15) is 120 Å². The molecule has 3 aliphatic carbocycles. The van der Waals surface area contributed by atoms with Gasteiger partial charge in [0.15, 0.2) is 0 Å². The molecular formula is C40H64N6O6. The van der Waals surface area contributed by atoms with Gasteiger partial charge in [0, 0.05) is 24.5 Å². The zero-order valence-corrected chi connectivity index (χ0v) is 32.9. The van der Waals surface area contributed by atoms with Crippen LogP contribution in [0.5, 0.6) is 0 Å². The quantitative estimate of drug-likeness (QED) is 0.158. The largest absolute Gasteiger partial charge is 0.347 e. The highest BCUT2D eigenvalue weighted by Gasteiger charge is 2.85. The first-order valence-electron chi connectivity index (χ1n) is 19.8. The number of ketones is 1. The van der Waals surface area contributed by atoms with Crippen LogP contribution in [0.4, 0.5) is 0 Å². The molecule has 6 atom stereocenters. The van der Waals surface area contributed by atoms with Gasteiger partial charge in [-0.25, -0.2) is 0 Å². The number of amides is 5. The standard InChI is InChI=1S/C40H64N6O6/c1-10-14-27(30(47)35(51)41-26-16-17-26)42-33(49)28-21-40(38(8,9)39(40)18-13-19-39)23-46(28)36(52)31(37(5,6)7)44-34(50)29(24(3)4)43-32(48)25-15-12-20-45(11-2)22-25/h25-29,31H,3,10-23H2,1-2,4-9H3,(H,41,51)(H,42,49)(H,43,48)(H,44,50)/t25-,27-,28-,29-,31+,40+/m0/s1. The van der Waals surface area contributed by atoms with Gasteiger partial charge in [-0.3, -0.25) is 28.8 Å². The van der Waals surface area contributed by atoms with E-state index in [9.17, 15) is 28.8 Å². The number of hydrogen-bond donors (Lipinski definition) is 4. The Kier molecular flexibility index (Phi) is 11.4. The predicted molar refractivity (Wildman–Crippen MR) is 199 cm³/mol. The Labute approximate surface area is 310 Å². The summed E-state index contributed by atoms with van der Waals surface area (Å²) in [5.74, 6) is -3.16. The molecular weight excluding hydrogens is 660 g/mol. The van der Waals surface area contributed by atoms with Crippen molar-refractivity contribution >= 4 is 35.3 Å². The third-order valence-corrected chi connectivity index (χ3v) is 13.5. The molecule has 12 nitrogen and oxygen atoms in total. The number of hydrogen-bond acceptors (Lipinski definition) is 7. The van der Waals surface area contributed by atoms with Crippen molar-refractivity contribution in [1.82, 2.24) is 31.1 Å². The van der Waals surface area contributed by atoms with E-state index in [1.165, 1.54) is 0 Å². The van der Waals surface area contributed by atoms with Crippen LogP contribution < -0.4 is 21.3 Å². The lowest BCUT2D eigenvalue weighted by Gasteiger charge is -2.37. The average molecular weight is 725 g/mol. The van der Waals surface area contributed by atoms with E-state index in [1.807, 2.05) is 27.7 Å². The van der Waals surface area contributed by atoms with E-state index in [2.05, 4.69) is 53.5 Å². The molecule has 0 radical (unpaired) electrons. The minimum absolute atomic E-state index is 0.00835. The highest BCUT2D eigenvalue weighted by atomic mass is 16.2. The average Bonchev–Trinajstić information content (AvgIpc) is 3.89. The Bertz CT molecular complexity index is 1460. The van der Waals surface area contributed by atoms with Crippen molar-refractivity contribution in [2.75, 3.05) is 26.2 Å². The molecule has 0 bridgehead atoms. The normalized spacial score (nSPS) is 27.9. The molecule has 12 heteroatoms. The van der Waals surface area contributed by atoms with E-state index in [0.717, 1.165) is 58.0 Å². The number of likely N-dealkylation sites (tertiary alicyclic amines) is 2. The fourth-order valence-corrected chi connectivity index (χ4v) is 9.80. The van der Waals surface area contributed by atoms with Crippen LogP contribution >= 0.6 is 0 Å². The van der Waals surface area contributed by atoms with Crippen LogP contribution in [-0.2, 0) is 28.8 Å². The predicted octanol–water partition coefficient (Wildman–Crippen LogP) is 3.24. The molecule has 0 aromatic rings. The summed E-state index contributed by atoms with van der Waals surface area (Å²) in [6, 6.07) is -3.92. The summed E-state index contributed by atoms with van der Waals surface area (Å²) in [5.41, 5.74) is -0.658. The van der Waals surface area contributed by atoms with Crippen LogP contribution in [0, 0.1) is 27.6 Å². The fraction of sp³-hybridized carbons (Fsp3) is 0.800. The smallest absolute Gasteiger partial charge is 0.289 e. The molecule has 52 heavy (non-hydrogen) atoms. The molecule has 3 saturated carbocycles. The van der Waals surface area contributed by atoms with E-state index in [-0.39, 0.29) is 40.0 Å². The first-order chi connectivity index (χ1) is 24.3. The number of nitrogens with zero attached hydrogens (tertiary/aromatic N) is 2. The van der Waals surface area contributed by atoms with Crippen molar-refractivity contribution in [3.05, 3.63) is 12.2 Å². The second-order valence-electron chi connectivity index (χ2n) is 18.1. The molecule has 2 spiro atoms. The Morgan fingerprint density at radius 1 is 0.904 bits per heavy atom. The van der Waals surface area contributed by atoms with Crippen molar-refractivity contribution in [2.45, 2.75) is 150 Å². The van der Waals surface area contributed by atoms with Gasteiger partial charge in [-0.2, -0.15) is 0 Å². The summed E-state index contributed by atoms with van der Waals surface area (Å²) in [5, 5.41) is 11.5. The van der Waals surface area contributed by atoms with Crippen molar-refractivity contribution in [2.24, 2.45) is 27.6 Å². The Morgan fingerprint density at radius 2 is 1.58 bits per heavy atom. The second-order valence-corrected chi connectivity index (χ2v) is 18.1. The molecule has 2 saturated heterocycles. The number of rotatable bonds is 14. The lowest BCUT2D eigenvalue weighted by Crippen LogP contribution is -2.61. The number of nitrogens with one attached hydrogen (secondary N) is 4. The van der Waals surface area contributed by atoms with Gasteiger partial charge >= 0.3 is 0 Å². The maximum atomic E-state index is 14.9. The lowest BCUT2D eigenvalue weighted by atomic mass is 9.73. The SMILES string of the molecule is C=C(C)[C@H](NC(=O)[C@H]1CCCN(CC)C1)C(=O)N[C@H](C(=O)N1C[C@]2(C[C@H]1C(=O)N[C@@H](CCC)C(=O)C(=O)NC1CC1)C(C)(C)C21CCC1)C(C)(C)C. The van der Waals surface area contributed by atoms with Gasteiger partial charge in [-0.1, -0.05) is 67.9 Å². The van der Waals surface area contributed by atoms with Crippen LogP contribution in [0.3, 0.4) is 0 Å². The molecule has 5 amide bonds. The van der Waals surface area contributed by atoms with Gasteiger partial charge in [-0.05, 0) is 93.2 Å². The molecule has 290 valence electrons. The topological polar surface area (TPSA) is 157 Å². The maximum Gasteiger partial charge on any atom is 0.289 e. The second kappa shape index (κ2) is 14.9. The molecule has 0 unspecified atom stereocenters. The van der Waals surface area contributed by atoms with Crippen LogP contribution in [0.2, 0.25) is 0 Å². The van der Waals surface area contributed by atoms with E-state index in [4.69, 9.17) is 0 Å². The third kappa shape index (κ3) is 7.29. The fourth-order valence-electron chi connectivity index (χ4n) is 9.80. The van der Waals surface area contributed by atoms with Gasteiger partial charge in [0.25, 0.3) is 5.91 Å². The van der Waals surface area contributed by atoms with Crippen LogP contribution in [0.25, 0.3) is 0 Å². The first kappa shape index (κ1) is 39.9. The van der Waals surface area contributed by atoms with E-state index in [0.29, 0.717) is 37.9 Å². The summed E-state index contributed by atoms with van der Waals surface area (Å²) in [6.45, 7) is 22.5. The van der Waals surface area contributed by atoms with Crippen molar-refractivity contribution in [3.8, 4) is 0 Å². The van der Waals surface area contributed by atoms with Gasteiger partial charge in [0.1, 0.15) is 18.1 Å². The van der Waals surface area contributed by atoms with Crippen LogP contribution in [0.15, 0.2) is 12.2 Å². The molecule has 0 aromatic carbocycles. The van der Waals surface area contributed by atoms with Gasteiger partial charge < -0.3 is 31.1 Å². The monoisotopic (exact) mass is 724 g/mol. The van der Waals surface area contributed by atoms with Crippen LogP contribution in [-0.4, -0.2) is 102 Å². The number of Topliss-reactive ketones (excluding diaryl/α,β-unsaturated/α-hetero) is 1. The summed E-state index contributed by atoms with van der Waals surface area (Å²) in [6.07, 6.45) is 7.82. The number of fused-ring (bicyclic) bond motifs is 1. The minimum atomic E-state index is -1.03. The minimum Gasteiger partial charge on any atom is -0.347 e. The summed E-state index contributed by atoms with van der Waals surface area (Å²) >= 11 is 0. The number of piperidine rings is 1. The van der Waals surface area contributed by atoms with E-state index in [1.54, 1.807) is 11.8 Å². The van der Waals surface area contributed by atoms with E-state index < -0.39 is 53.1 Å². The number of carbonyl (C=O) groups is 6. The number of carbonyl (C=O) groups excluding carboxylic acids is 6. The highest BCUT2D eigenvalue weighted by Crippen LogP contribution is 2.88. The zero-order chi connectivity index (χ0) is 38.4. The third-order valence-electron chi connectivity index (χ3n) is 13.5.